The Morgan fingerprint density at radius 3 is 2.76 bits per heavy atom. The molecule has 0 aliphatic carbocycles. The molecule has 2 atom stereocenters. The highest BCUT2D eigenvalue weighted by molar-refractivity contribution is 9.10. The maximum absolute atomic E-state index is 11.9. The monoisotopic (exact) mass is 359 g/mol. The maximum atomic E-state index is 11.9. The van der Waals surface area contributed by atoms with E-state index in [1.807, 2.05) is 6.07 Å². The predicted octanol–water partition coefficient (Wildman–Crippen LogP) is 2.42. The molecule has 1 rings (SSSR count). The minimum absolute atomic E-state index is 0.189. The second-order valence-electron chi connectivity index (χ2n) is 4.76. The third-order valence-electron chi connectivity index (χ3n) is 2.92. The standard InChI is InChI=1S/C15H22BrNO4/c1-10(18)13-9-12(16)5-6-14(13)21-11(2)15(19)17-7-4-8-20-3/h5-6,9-11,18H,4,7-8H2,1-3H3,(H,17,19)/t10-,11?/m0/s1. The van der Waals surface area contributed by atoms with Crippen LogP contribution in [-0.2, 0) is 9.53 Å². The van der Waals surface area contributed by atoms with Crippen LogP contribution in [0, 0.1) is 0 Å². The zero-order valence-electron chi connectivity index (χ0n) is 12.6. The van der Waals surface area contributed by atoms with Crippen LogP contribution in [0.2, 0.25) is 0 Å². The van der Waals surface area contributed by atoms with Crippen molar-refractivity contribution in [2.75, 3.05) is 20.3 Å². The Bertz CT molecular complexity index is 465. The first-order chi connectivity index (χ1) is 9.95. The molecule has 0 aliphatic rings. The number of hydrogen-bond donors (Lipinski definition) is 2. The first kappa shape index (κ1) is 17.9. The molecule has 6 heteroatoms. The van der Waals surface area contributed by atoms with Gasteiger partial charge in [0.15, 0.2) is 6.10 Å². The van der Waals surface area contributed by atoms with E-state index < -0.39 is 12.2 Å². The average molecular weight is 360 g/mol. The maximum Gasteiger partial charge on any atom is 0.260 e. The summed E-state index contributed by atoms with van der Waals surface area (Å²) >= 11 is 3.35. The lowest BCUT2D eigenvalue weighted by Crippen LogP contribution is -2.37. The molecule has 0 heterocycles. The summed E-state index contributed by atoms with van der Waals surface area (Å²) in [6.07, 6.45) is -0.549. The van der Waals surface area contributed by atoms with Crippen molar-refractivity contribution >= 4 is 21.8 Å². The number of ether oxygens (including phenoxy) is 2. The van der Waals surface area contributed by atoms with E-state index in [1.165, 1.54) is 0 Å². The number of hydrogen-bond acceptors (Lipinski definition) is 4. The van der Waals surface area contributed by atoms with Gasteiger partial charge in [0.2, 0.25) is 0 Å². The Kier molecular flexibility index (Phi) is 7.71. The number of aliphatic hydroxyl groups excluding tert-OH is 1. The van der Waals surface area contributed by atoms with E-state index in [0.717, 1.165) is 10.9 Å². The molecule has 2 N–H and O–H groups in total. The van der Waals surface area contributed by atoms with E-state index in [0.29, 0.717) is 24.5 Å². The summed E-state index contributed by atoms with van der Waals surface area (Å²) in [5.74, 6) is 0.318. The van der Waals surface area contributed by atoms with E-state index in [2.05, 4.69) is 21.2 Å². The highest BCUT2D eigenvalue weighted by atomic mass is 79.9. The predicted molar refractivity (Wildman–Crippen MR) is 84.4 cm³/mol. The van der Waals surface area contributed by atoms with Gasteiger partial charge in [0, 0.05) is 30.3 Å². The van der Waals surface area contributed by atoms with Crippen LogP contribution in [0.5, 0.6) is 5.75 Å². The number of carbonyl (C=O) groups excluding carboxylic acids is 1. The van der Waals surface area contributed by atoms with Crippen LogP contribution in [0.3, 0.4) is 0 Å². The average Bonchev–Trinajstić information content (AvgIpc) is 2.44. The molecule has 5 nitrogen and oxygen atoms in total. The normalized spacial score (nSPS) is 13.6. The fraction of sp³-hybridized carbons (Fsp3) is 0.533. The van der Waals surface area contributed by atoms with Gasteiger partial charge in [-0.25, -0.2) is 0 Å². The Morgan fingerprint density at radius 1 is 1.43 bits per heavy atom. The summed E-state index contributed by atoms with van der Waals surface area (Å²) in [6.45, 7) is 4.49. The molecule has 21 heavy (non-hydrogen) atoms. The molecule has 1 unspecified atom stereocenters. The van der Waals surface area contributed by atoms with Crippen LogP contribution >= 0.6 is 15.9 Å². The summed E-state index contributed by atoms with van der Waals surface area (Å²) in [5.41, 5.74) is 0.642. The van der Waals surface area contributed by atoms with Crippen LogP contribution in [0.25, 0.3) is 0 Å². The summed E-state index contributed by atoms with van der Waals surface area (Å²) < 4.78 is 11.4. The molecule has 118 valence electrons. The number of carbonyl (C=O) groups is 1. The Balaban J connectivity index is 2.61. The second kappa shape index (κ2) is 9.02. The van der Waals surface area contributed by atoms with Gasteiger partial charge in [-0.15, -0.1) is 0 Å². The number of aliphatic hydroxyl groups is 1. The van der Waals surface area contributed by atoms with Crippen LogP contribution in [-0.4, -0.2) is 37.4 Å². The molecular formula is C15H22BrNO4. The quantitative estimate of drug-likeness (QED) is 0.699. The van der Waals surface area contributed by atoms with Crippen molar-refractivity contribution in [3.05, 3.63) is 28.2 Å². The SMILES string of the molecule is COCCCNC(=O)C(C)Oc1ccc(Br)cc1[C@H](C)O. The zero-order valence-corrected chi connectivity index (χ0v) is 14.1. The van der Waals surface area contributed by atoms with Crippen LogP contribution in [0.15, 0.2) is 22.7 Å². The van der Waals surface area contributed by atoms with Crippen LogP contribution in [0.4, 0.5) is 0 Å². The van der Waals surface area contributed by atoms with Crippen molar-refractivity contribution in [3.8, 4) is 5.75 Å². The minimum Gasteiger partial charge on any atom is -0.481 e. The van der Waals surface area contributed by atoms with E-state index in [1.54, 1.807) is 33.1 Å². The van der Waals surface area contributed by atoms with Crippen molar-refractivity contribution in [2.45, 2.75) is 32.5 Å². The van der Waals surface area contributed by atoms with Crippen molar-refractivity contribution < 1.29 is 19.4 Å². The number of benzene rings is 1. The molecule has 1 amide bonds. The fourth-order valence-corrected chi connectivity index (χ4v) is 2.15. The lowest BCUT2D eigenvalue weighted by molar-refractivity contribution is -0.127. The molecule has 0 radical (unpaired) electrons. The van der Waals surface area contributed by atoms with Gasteiger partial charge >= 0.3 is 0 Å². The second-order valence-corrected chi connectivity index (χ2v) is 5.67. The lowest BCUT2D eigenvalue weighted by atomic mass is 10.1. The van der Waals surface area contributed by atoms with Crippen molar-refractivity contribution in [1.82, 2.24) is 5.32 Å². The van der Waals surface area contributed by atoms with Crippen LogP contribution in [0.1, 0.15) is 31.9 Å². The largest absolute Gasteiger partial charge is 0.481 e. The van der Waals surface area contributed by atoms with Gasteiger partial charge in [-0.3, -0.25) is 4.79 Å². The minimum atomic E-state index is -0.672. The molecule has 1 aromatic carbocycles. The first-order valence-corrected chi connectivity index (χ1v) is 7.65. The number of rotatable bonds is 8. The summed E-state index contributed by atoms with van der Waals surface area (Å²) in [5, 5.41) is 12.5. The van der Waals surface area contributed by atoms with Crippen LogP contribution < -0.4 is 10.1 Å². The van der Waals surface area contributed by atoms with Crippen molar-refractivity contribution in [3.63, 3.8) is 0 Å². The highest BCUT2D eigenvalue weighted by Gasteiger charge is 2.17. The summed E-state index contributed by atoms with van der Waals surface area (Å²) in [6, 6.07) is 5.33. The van der Waals surface area contributed by atoms with E-state index in [9.17, 15) is 9.90 Å². The van der Waals surface area contributed by atoms with Gasteiger partial charge in [-0.2, -0.15) is 0 Å². The topological polar surface area (TPSA) is 67.8 Å². The molecule has 0 saturated heterocycles. The molecule has 0 aliphatic heterocycles. The zero-order chi connectivity index (χ0) is 15.8. The molecule has 0 aromatic heterocycles. The molecule has 0 bridgehead atoms. The fourth-order valence-electron chi connectivity index (χ4n) is 1.77. The van der Waals surface area contributed by atoms with Gasteiger partial charge in [0.05, 0.1) is 6.10 Å². The van der Waals surface area contributed by atoms with Crippen molar-refractivity contribution in [2.24, 2.45) is 0 Å². The molecule has 0 spiro atoms. The Labute approximate surface area is 133 Å². The number of halogens is 1. The Hall–Kier alpha value is -1.11. The van der Waals surface area contributed by atoms with E-state index >= 15 is 0 Å². The molecular weight excluding hydrogens is 338 g/mol. The first-order valence-electron chi connectivity index (χ1n) is 6.86. The third kappa shape index (κ3) is 6.03. The summed E-state index contributed by atoms with van der Waals surface area (Å²) in [7, 11) is 1.62. The van der Waals surface area contributed by atoms with Crippen molar-refractivity contribution in [1.29, 1.82) is 0 Å². The Morgan fingerprint density at radius 2 is 2.14 bits per heavy atom. The molecule has 0 fully saturated rings. The lowest BCUT2D eigenvalue weighted by Gasteiger charge is -2.18. The van der Waals surface area contributed by atoms with Gasteiger partial charge in [0.1, 0.15) is 5.75 Å². The van der Waals surface area contributed by atoms with Gasteiger partial charge in [0.25, 0.3) is 5.91 Å². The van der Waals surface area contributed by atoms with E-state index in [-0.39, 0.29) is 5.91 Å². The number of methoxy groups -OCH3 is 1. The molecule has 1 aromatic rings. The molecule has 0 saturated carbocycles. The number of amides is 1. The van der Waals surface area contributed by atoms with Gasteiger partial charge < -0.3 is 19.9 Å². The third-order valence-corrected chi connectivity index (χ3v) is 3.41. The van der Waals surface area contributed by atoms with Gasteiger partial charge in [-0.1, -0.05) is 15.9 Å². The highest BCUT2D eigenvalue weighted by Crippen LogP contribution is 2.29. The number of nitrogens with one attached hydrogen (secondary N) is 1. The summed E-state index contributed by atoms with van der Waals surface area (Å²) in [4.78, 5) is 11.9. The van der Waals surface area contributed by atoms with E-state index in [4.69, 9.17) is 9.47 Å². The van der Waals surface area contributed by atoms with Gasteiger partial charge in [-0.05, 0) is 38.5 Å². The smallest absolute Gasteiger partial charge is 0.260 e.